The summed E-state index contributed by atoms with van der Waals surface area (Å²) in [6, 6.07) is 2.48. The van der Waals surface area contributed by atoms with Gasteiger partial charge in [-0.15, -0.1) is 0 Å². The van der Waals surface area contributed by atoms with E-state index < -0.39 is 19.0 Å². The minimum Gasteiger partial charge on any atom is -0.471 e. The van der Waals surface area contributed by atoms with E-state index in [1.54, 1.807) is 0 Å². The van der Waals surface area contributed by atoms with E-state index in [0.717, 1.165) is 12.3 Å². The predicted molar refractivity (Wildman–Crippen MR) is 58.7 cm³/mol. The Bertz CT molecular complexity index is 435. The van der Waals surface area contributed by atoms with Crippen LogP contribution in [-0.4, -0.2) is 48.8 Å². The number of hydrogen-bond acceptors (Lipinski definition) is 3. The number of nitrogens with zero attached hydrogens (tertiary/aromatic N) is 2. The van der Waals surface area contributed by atoms with Crippen molar-refractivity contribution in [2.75, 3.05) is 20.7 Å². The highest BCUT2D eigenvalue weighted by Gasteiger charge is 2.41. The number of halogens is 4. The summed E-state index contributed by atoms with van der Waals surface area (Å²) in [5, 5.41) is 0. The van der Waals surface area contributed by atoms with Crippen LogP contribution in [0.3, 0.4) is 0 Å². The van der Waals surface area contributed by atoms with Gasteiger partial charge in [-0.25, -0.2) is 13.8 Å². The first-order valence-corrected chi connectivity index (χ1v) is 5.20. The SMILES string of the molecule is CN(C)C(=O)c1ccc(OCC(F)(F)C(F)F)nc1. The summed E-state index contributed by atoms with van der Waals surface area (Å²) in [4.78, 5) is 16.4. The summed E-state index contributed by atoms with van der Waals surface area (Å²) in [5.74, 6) is -4.81. The predicted octanol–water partition coefficient (Wildman–Crippen LogP) is 2.06. The van der Waals surface area contributed by atoms with Gasteiger partial charge in [-0.3, -0.25) is 4.79 Å². The molecule has 0 saturated carbocycles. The molecular formula is C11H12F4N2O2. The Kier molecular flexibility index (Phi) is 4.68. The van der Waals surface area contributed by atoms with Crippen LogP contribution in [0.4, 0.5) is 17.6 Å². The summed E-state index contributed by atoms with van der Waals surface area (Å²) in [6.07, 6.45) is -2.68. The van der Waals surface area contributed by atoms with Crippen LogP contribution in [0.1, 0.15) is 10.4 Å². The molecule has 0 radical (unpaired) electrons. The Morgan fingerprint density at radius 3 is 2.47 bits per heavy atom. The quantitative estimate of drug-likeness (QED) is 0.775. The van der Waals surface area contributed by atoms with Gasteiger partial charge in [0.05, 0.1) is 5.56 Å². The number of carbonyl (C=O) groups excluding carboxylic acids is 1. The van der Waals surface area contributed by atoms with Gasteiger partial charge in [0.2, 0.25) is 5.88 Å². The molecule has 0 saturated heterocycles. The average molecular weight is 280 g/mol. The van der Waals surface area contributed by atoms with E-state index in [1.165, 1.54) is 25.1 Å². The molecule has 0 aliphatic heterocycles. The molecule has 0 atom stereocenters. The lowest BCUT2D eigenvalue weighted by atomic mass is 10.2. The summed E-state index contributed by atoms with van der Waals surface area (Å²) >= 11 is 0. The van der Waals surface area contributed by atoms with E-state index in [-0.39, 0.29) is 17.4 Å². The van der Waals surface area contributed by atoms with Crippen molar-refractivity contribution < 1.29 is 27.1 Å². The molecule has 1 aromatic rings. The molecule has 1 heterocycles. The van der Waals surface area contributed by atoms with Gasteiger partial charge in [-0.2, -0.15) is 8.78 Å². The van der Waals surface area contributed by atoms with E-state index in [2.05, 4.69) is 9.72 Å². The maximum absolute atomic E-state index is 12.6. The molecule has 19 heavy (non-hydrogen) atoms. The van der Waals surface area contributed by atoms with Crippen LogP contribution >= 0.6 is 0 Å². The van der Waals surface area contributed by atoms with Gasteiger partial charge in [0, 0.05) is 26.4 Å². The van der Waals surface area contributed by atoms with Gasteiger partial charge in [-0.05, 0) is 6.07 Å². The molecule has 0 N–H and O–H groups in total. The number of alkyl halides is 4. The molecule has 0 aliphatic carbocycles. The van der Waals surface area contributed by atoms with Crippen molar-refractivity contribution in [1.29, 1.82) is 0 Å². The summed E-state index contributed by atoms with van der Waals surface area (Å²) < 4.78 is 53.4. The zero-order valence-electron chi connectivity index (χ0n) is 10.2. The molecule has 1 rings (SSSR count). The van der Waals surface area contributed by atoms with Gasteiger partial charge in [-0.1, -0.05) is 0 Å². The molecule has 8 heteroatoms. The smallest absolute Gasteiger partial charge is 0.340 e. The Labute approximate surface area is 107 Å². The third-order valence-corrected chi connectivity index (χ3v) is 2.12. The Morgan fingerprint density at radius 2 is 2.05 bits per heavy atom. The first kappa shape index (κ1) is 15.2. The molecule has 1 aromatic heterocycles. The zero-order chi connectivity index (χ0) is 14.6. The van der Waals surface area contributed by atoms with Crippen LogP contribution in [0.5, 0.6) is 5.88 Å². The molecule has 0 unspecified atom stereocenters. The molecule has 0 spiro atoms. The van der Waals surface area contributed by atoms with Gasteiger partial charge in [0.1, 0.15) is 0 Å². The second-order valence-electron chi connectivity index (χ2n) is 3.94. The minimum absolute atomic E-state index is 0.234. The van der Waals surface area contributed by atoms with Crippen LogP contribution in [0.2, 0.25) is 0 Å². The molecule has 0 aromatic carbocycles. The fourth-order valence-electron chi connectivity index (χ4n) is 1.08. The zero-order valence-corrected chi connectivity index (χ0v) is 10.2. The largest absolute Gasteiger partial charge is 0.471 e. The highest BCUT2D eigenvalue weighted by molar-refractivity contribution is 5.93. The lowest BCUT2D eigenvalue weighted by Gasteiger charge is -2.15. The van der Waals surface area contributed by atoms with Crippen molar-refractivity contribution >= 4 is 5.91 Å². The second kappa shape index (κ2) is 5.85. The number of rotatable bonds is 5. The number of pyridine rings is 1. The topological polar surface area (TPSA) is 42.4 Å². The standard InChI is InChI=1S/C11H12F4N2O2/c1-17(2)9(18)7-3-4-8(16-5-7)19-6-11(14,15)10(12)13/h3-5,10H,6H2,1-2H3. The van der Waals surface area contributed by atoms with Crippen LogP contribution in [0, 0.1) is 0 Å². The van der Waals surface area contributed by atoms with Gasteiger partial charge in [0.25, 0.3) is 5.91 Å². The monoisotopic (exact) mass is 280 g/mol. The highest BCUT2D eigenvalue weighted by atomic mass is 19.3. The molecule has 106 valence electrons. The van der Waals surface area contributed by atoms with E-state index in [4.69, 9.17) is 0 Å². The van der Waals surface area contributed by atoms with Crippen molar-refractivity contribution in [3.63, 3.8) is 0 Å². The molecule has 4 nitrogen and oxygen atoms in total. The second-order valence-corrected chi connectivity index (χ2v) is 3.94. The van der Waals surface area contributed by atoms with Gasteiger partial charge < -0.3 is 9.64 Å². The molecular weight excluding hydrogens is 268 g/mol. The maximum Gasteiger partial charge on any atom is 0.340 e. The normalized spacial score (nSPS) is 11.5. The third-order valence-electron chi connectivity index (χ3n) is 2.12. The first-order valence-electron chi connectivity index (χ1n) is 5.20. The van der Waals surface area contributed by atoms with E-state index >= 15 is 0 Å². The molecule has 1 amide bonds. The summed E-state index contributed by atoms with van der Waals surface area (Å²) in [7, 11) is 3.08. The van der Waals surface area contributed by atoms with Crippen LogP contribution in [0.15, 0.2) is 18.3 Å². The fourth-order valence-corrected chi connectivity index (χ4v) is 1.08. The van der Waals surface area contributed by atoms with Gasteiger partial charge >= 0.3 is 12.3 Å². The Hall–Kier alpha value is -1.86. The van der Waals surface area contributed by atoms with Crippen molar-refractivity contribution in [1.82, 2.24) is 9.88 Å². The maximum atomic E-state index is 12.6. The first-order chi connectivity index (χ1) is 8.74. The van der Waals surface area contributed by atoms with E-state index in [1.807, 2.05) is 0 Å². The third kappa shape index (κ3) is 4.08. The Morgan fingerprint density at radius 1 is 1.42 bits per heavy atom. The number of amides is 1. The lowest BCUT2D eigenvalue weighted by molar-refractivity contribution is -0.148. The number of ether oxygens (including phenoxy) is 1. The van der Waals surface area contributed by atoms with Crippen LogP contribution in [-0.2, 0) is 0 Å². The van der Waals surface area contributed by atoms with Crippen molar-refractivity contribution in [3.8, 4) is 5.88 Å². The lowest BCUT2D eigenvalue weighted by Crippen LogP contribution is -2.33. The molecule has 0 aliphatic rings. The summed E-state index contributed by atoms with van der Waals surface area (Å²) in [6.45, 7) is -1.47. The number of aromatic nitrogens is 1. The number of carbonyl (C=O) groups is 1. The average Bonchev–Trinajstić information content (AvgIpc) is 2.36. The fraction of sp³-hybridized carbons (Fsp3) is 0.455. The van der Waals surface area contributed by atoms with E-state index in [0.29, 0.717) is 0 Å². The van der Waals surface area contributed by atoms with Crippen LogP contribution < -0.4 is 4.74 Å². The Balaban J connectivity index is 2.66. The minimum atomic E-state index is -4.24. The van der Waals surface area contributed by atoms with E-state index in [9.17, 15) is 22.4 Å². The van der Waals surface area contributed by atoms with Gasteiger partial charge in [0.15, 0.2) is 6.61 Å². The highest BCUT2D eigenvalue weighted by Crippen LogP contribution is 2.23. The number of hydrogen-bond donors (Lipinski definition) is 0. The van der Waals surface area contributed by atoms with Crippen LogP contribution in [0.25, 0.3) is 0 Å². The molecule has 0 fully saturated rings. The molecule has 0 bridgehead atoms. The van der Waals surface area contributed by atoms with Crippen molar-refractivity contribution in [2.24, 2.45) is 0 Å². The summed E-state index contributed by atoms with van der Waals surface area (Å²) in [5.41, 5.74) is 0.234. The van der Waals surface area contributed by atoms with Crippen molar-refractivity contribution in [2.45, 2.75) is 12.3 Å². The van der Waals surface area contributed by atoms with Crippen molar-refractivity contribution in [3.05, 3.63) is 23.9 Å².